The van der Waals surface area contributed by atoms with Crippen LogP contribution in [0.3, 0.4) is 0 Å². The van der Waals surface area contributed by atoms with Crippen LogP contribution in [0.15, 0.2) is 0 Å². The normalized spacial score (nSPS) is 11.5. The van der Waals surface area contributed by atoms with Crippen LogP contribution in [0.5, 0.6) is 0 Å². The number of carbonyl (C=O) groups excluding carboxylic acids is 3. The van der Waals surface area contributed by atoms with Crippen molar-refractivity contribution >= 4 is 29.7 Å². The Hall–Kier alpha value is -1.28. The van der Waals surface area contributed by atoms with E-state index in [1.54, 1.807) is 6.92 Å². The molecule has 0 spiro atoms. The second-order valence-electron chi connectivity index (χ2n) is 2.91. The Morgan fingerprint density at radius 1 is 1.41 bits per heavy atom. The molecule has 0 heterocycles. The molecule has 0 aliphatic heterocycles. The first kappa shape index (κ1) is 15.7. The summed E-state index contributed by atoms with van der Waals surface area (Å²) in [5.41, 5.74) is 5.44. The molecule has 0 aromatic rings. The number of esters is 1. The first-order valence-electron chi connectivity index (χ1n) is 4.89. The van der Waals surface area contributed by atoms with E-state index in [0.29, 0.717) is 0 Å². The van der Waals surface area contributed by atoms with Gasteiger partial charge in [-0.15, -0.1) is 11.8 Å². The molecule has 0 rings (SSSR count). The van der Waals surface area contributed by atoms with E-state index >= 15 is 0 Å². The zero-order valence-corrected chi connectivity index (χ0v) is 10.5. The van der Waals surface area contributed by atoms with Gasteiger partial charge in [-0.2, -0.15) is 0 Å². The first-order chi connectivity index (χ1) is 8.01. The quantitative estimate of drug-likeness (QED) is 0.622. The molecule has 0 aromatic heterocycles. The summed E-state index contributed by atoms with van der Waals surface area (Å²) in [5, 5.41) is 2.02. The molecule has 7 nitrogen and oxygen atoms in total. The third-order valence-corrected chi connectivity index (χ3v) is 2.61. The van der Waals surface area contributed by atoms with Gasteiger partial charge in [0.1, 0.15) is 6.04 Å². The smallest absolute Gasteiger partial charge is 0.413 e. The second kappa shape index (κ2) is 8.82. The predicted octanol–water partition coefficient (Wildman–Crippen LogP) is -0.507. The molecule has 0 aliphatic carbocycles. The first-order valence-corrected chi connectivity index (χ1v) is 6.04. The van der Waals surface area contributed by atoms with Crippen molar-refractivity contribution in [3.8, 4) is 0 Å². The fourth-order valence-electron chi connectivity index (χ4n) is 0.815. The van der Waals surface area contributed by atoms with Crippen molar-refractivity contribution in [2.24, 2.45) is 5.73 Å². The van der Waals surface area contributed by atoms with Gasteiger partial charge in [0.05, 0.1) is 19.5 Å². The lowest BCUT2D eigenvalue weighted by molar-refractivity contribution is -0.141. The summed E-state index contributed by atoms with van der Waals surface area (Å²) in [6.45, 7) is 1.83. The fraction of sp³-hybridized carbons (Fsp3) is 0.667. The zero-order chi connectivity index (χ0) is 13.3. The number of amides is 2. The van der Waals surface area contributed by atoms with Crippen molar-refractivity contribution in [2.45, 2.75) is 13.0 Å². The molecular formula is C9H16N2O5S. The SMILES string of the molecule is CCOC(=O)NC(=O)CSCC(N)C(=O)OC. The highest BCUT2D eigenvalue weighted by Gasteiger charge is 2.15. The predicted molar refractivity (Wildman–Crippen MR) is 62.5 cm³/mol. The van der Waals surface area contributed by atoms with Crippen molar-refractivity contribution in [1.29, 1.82) is 0 Å². The number of ether oxygens (including phenoxy) is 2. The summed E-state index contributed by atoms with van der Waals surface area (Å²) in [4.78, 5) is 32.9. The summed E-state index contributed by atoms with van der Waals surface area (Å²) in [7, 11) is 1.24. The highest BCUT2D eigenvalue weighted by Crippen LogP contribution is 2.02. The maximum Gasteiger partial charge on any atom is 0.413 e. The number of imide groups is 1. The minimum Gasteiger partial charge on any atom is -0.468 e. The summed E-state index contributed by atoms with van der Waals surface area (Å²) in [5.74, 6) is -0.777. The Morgan fingerprint density at radius 2 is 2.06 bits per heavy atom. The average Bonchev–Trinajstić information content (AvgIpc) is 2.27. The summed E-state index contributed by atoms with van der Waals surface area (Å²) >= 11 is 1.13. The van der Waals surface area contributed by atoms with Crippen LogP contribution in [0.1, 0.15) is 6.92 Å². The molecule has 17 heavy (non-hydrogen) atoms. The van der Waals surface area contributed by atoms with Crippen LogP contribution in [0.2, 0.25) is 0 Å². The van der Waals surface area contributed by atoms with Gasteiger partial charge in [-0.1, -0.05) is 0 Å². The fourth-order valence-corrected chi connectivity index (χ4v) is 1.58. The Balaban J connectivity index is 3.71. The van der Waals surface area contributed by atoms with Gasteiger partial charge in [-0.25, -0.2) is 4.79 Å². The molecule has 1 unspecified atom stereocenters. The Bertz CT molecular complexity index is 285. The average molecular weight is 264 g/mol. The third kappa shape index (κ3) is 7.58. The van der Waals surface area contributed by atoms with Crippen LogP contribution in [-0.2, 0) is 19.1 Å². The van der Waals surface area contributed by atoms with Gasteiger partial charge in [-0.3, -0.25) is 14.9 Å². The van der Waals surface area contributed by atoms with E-state index < -0.39 is 24.0 Å². The number of nitrogens with one attached hydrogen (secondary N) is 1. The van der Waals surface area contributed by atoms with Crippen molar-refractivity contribution in [1.82, 2.24) is 5.32 Å². The van der Waals surface area contributed by atoms with Gasteiger partial charge in [0, 0.05) is 5.75 Å². The molecule has 0 aromatic carbocycles. The van der Waals surface area contributed by atoms with E-state index in [2.05, 4.69) is 9.47 Å². The number of alkyl carbamates (subject to hydrolysis) is 1. The molecule has 0 saturated carbocycles. The highest BCUT2D eigenvalue weighted by atomic mass is 32.2. The van der Waals surface area contributed by atoms with E-state index in [0.717, 1.165) is 11.8 Å². The second-order valence-corrected chi connectivity index (χ2v) is 3.94. The van der Waals surface area contributed by atoms with Crippen LogP contribution >= 0.6 is 11.8 Å². The molecule has 0 fully saturated rings. The summed E-state index contributed by atoms with van der Waals surface area (Å²) in [6, 6.07) is -0.777. The van der Waals surface area contributed by atoms with Gasteiger partial charge in [0.15, 0.2) is 0 Å². The van der Waals surface area contributed by atoms with E-state index in [4.69, 9.17) is 5.73 Å². The van der Waals surface area contributed by atoms with Crippen molar-refractivity contribution in [2.75, 3.05) is 25.2 Å². The molecular weight excluding hydrogens is 248 g/mol. The topological polar surface area (TPSA) is 108 Å². The zero-order valence-electron chi connectivity index (χ0n) is 9.73. The molecule has 0 saturated heterocycles. The largest absolute Gasteiger partial charge is 0.468 e. The van der Waals surface area contributed by atoms with Crippen LogP contribution in [-0.4, -0.2) is 49.2 Å². The number of hydrogen-bond donors (Lipinski definition) is 2. The van der Waals surface area contributed by atoms with Gasteiger partial charge < -0.3 is 15.2 Å². The lowest BCUT2D eigenvalue weighted by atomic mass is 10.4. The van der Waals surface area contributed by atoms with Gasteiger partial charge in [0.25, 0.3) is 0 Å². The molecule has 3 N–H and O–H groups in total. The van der Waals surface area contributed by atoms with Crippen molar-refractivity contribution < 1.29 is 23.9 Å². The van der Waals surface area contributed by atoms with Gasteiger partial charge >= 0.3 is 12.1 Å². The summed E-state index contributed by atoms with van der Waals surface area (Å²) in [6.07, 6.45) is -0.782. The van der Waals surface area contributed by atoms with Crippen molar-refractivity contribution in [3.05, 3.63) is 0 Å². The molecule has 0 radical (unpaired) electrons. The molecule has 0 bridgehead atoms. The number of thioether (sulfide) groups is 1. The van der Waals surface area contributed by atoms with E-state index in [1.165, 1.54) is 7.11 Å². The van der Waals surface area contributed by atoms with Crippen LogP contribution in [0.25, 0.3) is 0 Å². The minimum absolute atomic E-state index is 0.0174. The monoisotopic (exact) mass is 264 g/mol. The molecule has 8 heteroatoms. The van der Waals surface area contributed by atoms with E-state index in [1.807, 2.05) is 5.32 Å². The minimum atomic E-state index is -0.782. The van der Waals surface area contributed by atoms with Crippen LogP contribution in [0, 0.1) is 0 Å². The number of nitrogens with two attached hydrogens (primary N) is 1. The standard InChI is InChI=1S/C9H16N2O5S/c1-3-16-9(14)11-7(12)5-17-4-6(10)8(13)15-2/h6H,3-5,10H2,1-2H3,(H,11,12,14). The van der Waals surface area contributed by atoms with E-state index in [9.17, 15) is 14.4 Å². The Kier molecular flexibility index (Phi) is 8.16. The third-order valence-electron chi connectivity index (χ3n) is 1.55. The van der Waals surface area contributed by atoms with Crippen LogP contribution in [0.4, 0.5) is 4.79 Å². The van der Waals surface area contributed by atoms with Gasteiger partial charge in [0.2, 0.25) is 5.91 Å². The van der Waals surface area contributed by atoms with E-state index in [-0.39, 0.29) is 18.1 Å². The number of methoxy groups -OCH3 is 1. The maximum atomic E-state index is 11.2. The number of carbonyl (C=O) groups is 3. The molecule has 1 atom stereocenters. The number of hydrogen-bond acceptors (Lipinski definition) is 7. The number of rotatable bonds is 6. The Labute approximate surface area is 103 Å². The van der Waals surface area contributed by atoms with Crippen molar-refractivity contribution in [3.63, 3.8) is 0 Å². The molecule has 0 aliphatic rings. The van der Waals surface area contributed by atoms with Gasteiger partial charge in [-0.05, 0) is 6.92 Å². The lowest BCUT2D eigenvalue weighted by Crippen LogP contribution is -2.36. The Morgan fingerprint density at radius 3 is 2.59 bits per heavy atom. The van der Waals surface area contributed by atoms with Crippen LogP contribution < -0.4 is 11.1 Å². The lowest BCUT2D eigenvalue weighted by Gasteiger charge is -2.08. The molecule has 2 amide bonds. The summed E-state index contributed by atoms with van der Waals surface area (Å²) < 4.78 is 8.93. The molecule has 98 valence electrons. The maximum absolute atomic E-state index is 11.2. The highest BCUT2D eigenvalue weighted by molar-refractivity contribution is 8.00.